The molecule has 0 radical (unpaired) electrons. The van der Waals surface area contributed by atoms with Gasteiger partial charge in [0.1, 0.15) is 11.9 Å². The summed E-state index contributed by atoms with van der Waals surface area (Å²) in [6.07, 6.45) is 0.257. The van der Waals surface area contributed by atoms with Crippen LogP contribution in [0.1, 0.15) is 6.92 Å². The number of carbonyl (C=O) groups excluding carboxylic acids is 1. The van der Waals surface area contributed by atoms with E-state index in [1.165, 1.54) is 19.1 Å². The first-order chi connectivity index (χ1) is 7.47. The number of aliphatic carboxylic acids is 1. The van der Waals surface area contributed by atoms with Gasteiger partial charge in [-0.1, -0.05) is 11.6 Å². The minimum Gasteiger partial charge on any atom is -0.480 e. The maximum atomic E-state index is 13.4. The van der Waals surface area contributed by atoms with E-state index in [1.807, 2.05) is 0 Å². The van der Waals surface area contributed by atoms with E-state index in [-0.39, 0.29) is 17.1 Å². The first kappa shape index (κ1) is 12.4. The molecular weight excluding hydrogens is 237 g/mol. The van der Waals surface area contributed by atoms with E-state index in [1.54, 1.807) is 0 Å². The summed E-state index contributed by atoms with van der Waals surface area (Å²) in [6.45, 7) is 1.27. The zero-order chi connectivity index (χ0) is 12.3. The van der Waals surface area contributed by atoms with E-state index in [9.17, 15) is 14.0 Å². The van der Waals surface area contributed by atoms with Gasteiger partial charge in [0.2, 0.25) is 6.41 Å². The summed E-state index contributed by atoms with van der Waals surface area (Å²) in [5, 5.41) is 8.97. The van der Waals surface area contributed by atoms with Crippen LogP contribution in [0.4, 0.5) is 10.1 Å². The largest absolute Gasteiger partial charge is 0.480 e. The highest BCUT2D eigenvalue weighted by Crippen LogP contribution is 2.24. The predicted molar refractivity (Wildman–Crippen MR) is 57.1 cm³/mol. The second-order valence-corrected chi connectivity index (χ2v) is 3.56. The van der Waals surface area contributed by atoms with Crippen molar-refractivity contribution in [2.24, 2.45) is 0 Å². The Kier molecular flexibility index (Phi) is 3.84. The third kappa shape index (κ3) is 2.49. The third-order valence-corrected chi connectivity index (χ3v) is 2.31. The third-order valence-electron chi connectivity index (χ3n) is 2.07. The van der Waals surface area contributed by atoms with E-state index in [2.05, 4.69) is 0 Å². The van der Waals surface area contributed by atoms with E-state index in [0.717, 1.165) is 11.0 Å². The molecular formula is C10H9ClFNO3. The van der Waals surface area contributed by atoms with Crippen LogP contribution in [0.5, 0.6) is 0 Å². The molecule has 0 spiro atoms. The van der Waals surface area contributed by atoms with Crippen LogP contribution in [-0.2, 0) is 9.59 Å². The molecule has 1 aromatic rings. The monoisotopic (exact) mass is 245 g/mol. The molecule has 1 aromatic carbocycles. The van der Waals surface area contributed by atoms with Crippen LogP contribution in [-0.4, -0.2) is 23.5 Å². The molecule has 0 aromatic heterocycles. The van der Waals surface area contributed by atoms with Crippen LogP contribution < -0.4 is 4.90 Å². The number of hydrogen-bond donors (Lipinski definition) is 1. The number of carbonyl (C=O) groups is 2. The van der Waals surface area contributed by atoms with Crippen molar-refractivity contribution < 1.29 is 19.1 Å². The van der Waals surface area contributed by atoms with Gasteiger partial charge in [-0.2, -0.15) is 0 Å². The lowest BCUT2D eigenvalue weighted by Gasteiger charge is -2.22. The van der Waals surface area contributed by atoms with Crippen molar-refractivity contribution in [2.45, 2.75) is 13.0 Å². The van der Waals surface area contributed by atoms with Gasteiger partial charge >= 0.3 is 5.97 Å². The number of benzene rings is 1. The van der Waals surface area contributed by atoms with Gasteiger partial charge in [-0.05, 0) is 25.1 Å². The van der Waals surface area contributed by atoms with Crippen LogP contribution >= 0.6 is 11.6 Å². The van der Waals surface area contributed by atoms with Gasteiger partial charge < -0.3 is 5.11 Å². The number of carboxylic acids is 1. The topological polar surface area (TPSA) is 57.6 Å². The zero-order valence-corrected chi connectivity index (χ0v) is 9.11. The SMILES string of the molecule is CC(C(=O)O)N(C=O)c1cc(Cl)ccc1F. The molecule has 0 saturated heterocycles. The molecule has 0 bridgehead atoms. The van der Waals surface area contributed by atoms with Crippen molar-refractivity contribution in [1.82, 2.24) is 0 Å². The van der Waals surface area contributed by atoms with Crippen molar-refractivity contribution in [3.05, 3.63) is 29.0 Å². The van der Waals surface area contributed by atoms with Crippen LogP contribution in [0.3, 0.4) is 0 Å². The smallest absolute Gasteiger partial charge is 0.326 e. The molecule has 1 amide bonds. The molecule has 1 atom stereocenters. The number of halogens is 2. The van der Waals surface area contributed by atoms with E-state index in [4.69, 9.17) is 16.7 Å². The molecule has 1 rings (SSSR count). The first-order valence-electron chi connectivity index (χ1n) is 4.39. The Morgan fingerprint density at radius 2 is 2.25 bits per heavy atom. The fraction of sp³-hybridized carbons (Fsp3) is 0.200. The maximum absolute atomic E-state index is 13.4. The van der Waals surface area contributed by atoms with Gasteiger partial charge in [-0.3, -0.25) is 9.69 Å². The molecule has 1 N–H and O–H groups in total. The first-order valence-corrected chi connectivity index (χ1v) is 4.76. The molecule has 0 saturated carbocycles. The number of amides is 1. The van der Waals surface area contributed by atoms with Gasteiger partial charge in [-0.25, -0.2) is 9.18 Å². The highest BCUT2D eigenvalue weighted by Gasteiger charge is 2.23. The highest BCUT2D eigenvalue weighted by molar-refractivity contribution is 6.30. The number of nitrogens with zero attached hydrogens (tertiary/aromatic N) is 1. The number of rotatable bonds is 4. The van der Waals surface area contributed by atoms with Gasteiger partial charge in [0.25, 0.3) is 0 Å². The summed E-state index contributed by atoms with van der Waals surface area (Å²) in [5.74, 6) is -1.93. The second kappa shape index (κ2) is 4.94. The summed E-state index contributed by atoms with van der Waals surface area (Å²) in [4.78, 5) is 22.2. The van der Waals surface area contributed by atoms with E-state index in [0.29, 0.717) is 0 Å². The van der Waals surface area contributed by atoms with Crippen molar-refractivity contribution in [3.8, 4) is 0 Å². The summed E-state index contributed by atoms with van der Waals surface area (Å²) in [6, 6.07) is 2.42. The molecule has 16 heavy (non-hydrogen) atoms. The number of carboxylic acid groups (broad SMARTS) is 1. The Hall–Kier alpha value is -1.62. The molecule has 1 unspecified atom stereocenters. The number of anilines is 1. The van der Waals surface area contributed by atoms with Crippen LogP contribution in [0.2, 0.25) is 5.02 Å². The van der Waals surface area contributed by atoms with Gasteiger partial charge in [0.05, 0.1) is 5.69 Å². The fourth-order valence-electron chi connectivity index (χ4n) is 1.16. The van der Waals surface area contributed by atoms with Crippen molar-refractivity contribution in [1.29, 1.82) is 0 Å². The standard InChI is InChI=1S/C10H9ClFNO3/c1-6(10(15)16)13(5-14)9-4-7(11)2-3-8(9)12/h2-6H,1H3,(H,15,16). The molecule has 0 aliphatic heterocycles. The second-order valence-electron chi connectivity index (χ2n) is 3.12. The Labute approximate surface area is 96.2 Å². The minimum atomic E-state index is -1.23. The average Bonchev–Trinajstić information content (AvgIpc) is 2.23. The van der Waals surface area contributed by atoms with E-state index < -0.39 is 17.8 Å². The summed E-state index contributed by atoms with van der Waals surface area (Å²) in [5.41, 5.74) is -0.155. The Balaban J connectivity index is 3.17. The minimum absolute atomic E-state index is 0.155. The summed E-state index contributed by atoms with van der Waals surface area (Å²) < 4.78 is 13.4. The van der Waals surface area contributed by atoms with Crippen molar-refractivity contribution in [2.75, 3.05) is 4.90 Å². The summed E-state index contributed by atoms with van der Waals surface area (Å²) >= 11 is 5.65. The van der Waals surface area contributed by atoms with Crippen LogP contribution in [0.15, 0.2) is 18.2 Å². The van der Waals surface area contributed by atoms with Gasteiger partial charge in [0.15, 0.2) is 0 Å². The van der Waals surface area contributed by atoms with Crippen LogP contribution in [0.25, 0.3) is 0 Å². The maximum Gasteiger partial charge on any atom is 0.326 e. The fourth-order valence-corrected chi connectivity index (χ4v) is 1.33. The van der Waals surface area contributed by atoms with Crippen molar-refractivity contribution >= 4 is 29.7 Å². The lowest BCUT2D eigenvalue weighted by atomic mass is 10.2. The lowest BCUT2D eigenvalue weighted by Crippen LogP contribution is -2.38. The zero-order valence-electron chi connectivity index (χ0n) is 8.35. The average molecular weight is 246 g/mol. The predicted octanol–water partition coefficient (Wildman–Crippen LogP) is 1.92. The molecule has 86 valence electrons. The molecule has 0 aliphatic carbocycles. The Morgan fingerprint density at radius 1 is 1.62 bits per heavy atom. The number of hydrogen-bond acceptors (Lipinski definition) is 2. The lowest BCUT2D eigenvalue weighted by molar-refractivity contribution is -0.138. The molecule has 4 nitrogen and oxygen atoms in total. The highest BCUT2D eigenvalue weighted by atomic mass is 35.5. The molecule has 6 heteroatoms. The van der Waals surface area contributed by atoms with Crippen molar-refractivity contribution in [3.63, 3.8) is 0 Å². The Bertz CT molecular complexity index is 425. The van der Waals surface area contributed by atoms with E-state index >= 15 is 0 Å². The Morgan fingerprint density at radius 3 is 2.75 bits per heavy atom. The summed E-state index contributed by atoms with van der Waals surface area (Å²) in [7, 11) is 0. The van der Waals surface area contributed by atoms with Crippen LogP contribution in [0, 0.1) is 5.82 Å². The molecule has 0 heterocycles. The van der Waals surface area contributed by atoms with Gasteiger partial charge in [0, 0.05) is 5.02 Å². The van der Waals surface area contributed by atoms with Gasteiger partial charge in [-0.15, -0.1) is 0 Å². The quantitative estimate of drug-likeness (QED) is 0.825. The molecule has 0 aliphatic rings. The normalized spacial score (nSPS) is 11.9. The molecule has 0 fully saturated rings.